The second-order valence-electron chi connectivity index (χ2n) is 2.07. The molecule has 0 fully saturated rings. The third-order valence-electron chi connectivity index (χ3n) is 1.13. The van der Waals surface area contributed by atoms with Gasteiger partial charge in [0.15, 0.2) is 0 Å². The van der Waals surface area contributed by atoms with Crippen LogP contribution in [0.15, 0.2) is 18.3 Å². The van der Waals surface area contributed by atoms with Gasteiger partial charge in [0, 0.05) is 25.0 Å². The van der Waals surface area contributed by atoms with E-state index in [2.05, 4.69) is 16.5 Å². The van der Waals surface area contributed by atoms with E-state index >= 15 is 0 Å². The minimum absolute atomic E-state index is 0.416. The standard InChI is InChI=1S/C7H7ClN3O/c1-11(8)7(12)10-6-3-2-4-9-5-6/h2-4H,1H3,(H,10,12). The number of amides is 2. The van der Waals surface area contributed by atoms with E-state index in [-0.39, 0.29) is 0 Å². The van der Waals surface area contributed by atoms with Crippen molar-refractivity contribution in [1.29, 1.82) is 0 Å². The molecule has 1 aromatic heterocycles. The number of pyridine rings is 1. The van der Waals surface area contributed by atoms with Crippen LogP contribution in [0.4, 0.5) is 10.5 Å². The van der Waals surface area contributed by atoms with Gasteiger partial charge in [-0.25, -0.2) is 9.21 Å². The highest BCUT2D eigenvalue weighted by Gasteiger charge is 2.04. The summed E-state index contributed by atoms with van der Waals surface area (Å²) in [5, 5.41) is 2.48. The summed E-state index contributed by atoms with van der Waals surface area (Å²) in [6.45, 7) is 0. The highest BCUT2D eigenvalue weighted by molar-refractivity contribution is 6.22. The lowest BCUT2D eigenvalue weighted by Crippen LogP contribution is -2.23. The van der Waals surface area contributed by atoms with Crippen LogP contribution in [-0.4, -0.2) is 22.5 Å². The summed E-state index contributed by atoms with van der Waals surface area (Å²) < 4.78 is 0.918. The maximum Gasteiger partial charge on any atom is 0.336 e. The fraction of sp³-hybridized carbons (Fsp3) is 0.143. The molecule has 0 aromatic carbocycles. The Kier molecular flexibility index (Phi) is 2.88. The summed E-state index contributed by atoms with van der Waals surface area (Å²) in [6.07, 6.45) is 4.16. The Hall–Kier alpha value is -1.29. The first-order valence-electron chi connectivity index (χ1n) is 3.23. The van der Waals surface area contributed by atoms with Crippen LogP contribution in [0.3, 0.4) is 0 Å². The number of hydrogen-bond donors (Lipinski definition) is 1. The van der Waals surface area contributed by atoms with Crippen molar-refractivity contribution >= 4 is 23.5 Å². The maximum absolute atomic E-state index is 10.9. The molecule has 4 nitrogen and oxygen atoms in total. The Labute approximate surface area is 75.3 Å². The lowest BCUT2D eigenvalue weighted by Gasteiger charge is -2.07. The summed E-state index contributed by atoms with van der Waals surface area (Å²) in [5.74, 6) is 0. The number of carbonyl (C=O) groups excluding carboxylic acids is 1. The molecule has 12 heavy (non-hydrogen) atoms. The number of nitrogens with zero attached hydrogens (tertiary/aromatic N) is 2. The molecule has 0 spiro atoms. The average molecular weight is 185 g/mol. The van der Waals surface area contributed by atoms with Crippen LogP contribution in [0, 0.1) is 6.20 Å². The predicted molar refractivity (Wildman–Crippen MR) is 45.7 cm³/mol. The zero-order valence-electron chi connectivity index (χ0n) is 6.41. The van der Waals surface area contributed by atoms with Crippen molar-refractivity contribution in [1.82, 2.24) is 9.40 Å². The van der Waals surface area contributed by atoms with Crippen LogP contribution in [0.1, 0.15) is 0 Å². The number of halogens is 1. The number of anilines is 1. The van der Waals surface area contributed by atoms with Gasteiger partial charge >= 0.3 is 6.03 Å². The van der Waals surface area contributed by atoms with Gasteiger partial charge in [-0.2, -0.15) is 0 Å². The molecule has 1 rings (SSSR count). The number of rotatable bonds is 1. The molecule has 1 heterocycles. The first-order chi connectivity index (χ1) is 5.70. The minimum Gasteiger partial charge on any atom is -0.305 e. The molecule has 0 unspecified atom stereocenters. The van der Waals surface area contributed by atoms with Gasteiger partial charge in [-0.05, 0) is 12.1 Å². The zero-order chi connectivity index (χ0) is 8.97. The molecule has 0 bridgehead atoms. The van der Waals surface area contributed by atoms with E-state index in [1.54, 1.807) is 18.3 Å². The highest BCUT2D eigenvalue weighted by Crippen LogP contribution is 2.03. The molecule has 0 atom stereocenters. The molecule has 0 saturated carbocycles. The van der Waals surface area contributed by atoms with Gasteiger partial charge in [0.25, 0.3) is 0 Å². The van der Waals surface area contributed by atoms with E-state index < -0.39 is 6.03 Å². The normalized spacial score (nSPS) is 9.17. The van der Waals surface area contributed by atoms with Gasteiger partial charge in [0.2, 0.25) is 0 Å². The fourth-order valence-electron chi connectivity index (χ4n) is 0.588. The zero-order valence-corrected chi connectivity index (χ0v) is 7.17. The predicted octanol–water partition coefficient (Wildman–Crippen LogP) is 1.50. The number of carbonyl (C=O) groups is 1. The Balaban J connectivity index is 2.59. The molecule has 0 aliphatic heterocycles. The molecule has 0 aliphatic carbocycles. The molecule has 0 aliphatic rings. The van der Waals surface area contributed by atoms with Gasteiger partial charge < -0.3 is 5.32 Å². The van der Waals surface area contributed by atoms with Crippen LogP contribution in [0.2, 0.25) is 0 Å². The fourth-order valence-corrected chi connectivity index (χ4v) is 0.630. The Morgan fingerprint density at radius 2 is 2.58 bits per heavy atom. The Bertz CT molecular complexity index is 263. The lowest BCUT2D eigenvalue weighted by atomic mass is 10.4. The topological polar surface area (TPSA) is 45.2 Å². The summed E-state index contributed by atoms with van der Waals surface area (Å²) >= 11 is 5.37. The first-order valence-corrected chi connectivity index (χ1v) is 3.57. The third-order valence-corrected chi connectivity index (χ3v) is 1.28. The quantitative estimate of drug-likeness (QED) is 0.673. The van der Waals surface area contributed by atoms with Gasteiger partial charge in [0.1, 0.15) is 6.20 Å². The summed E-state index contributed by atoms with van der Waals surface area (Å²) in [4.78, 5) is 14.6. The largest absolute Gasteiger partial charge is 0.336 e. The lowest BCUT2D eigenvalue weighted by molar-refractivity contribution is 0.241. The minimum atomic E-state index is -0.416. The van der Waals surface area contributed by atoms with Gasteiger partial charge in [-0.1, -0.05) is 0 Å². The van der Waals surface area contributed by atoms with E-state index in [0.29, 0.717) is 5.69 Å². The van der Waals surface area contributed by atoms with Crippen LogP contribution in [0.25, 0.3) is 0 Å². The highest BCUT2D eigenvalue weighted by atomic mass is 35.5. The Morgan fingerprint density at radius 3 is 3.08 bits per heavy atom. The van der Waals surface area contributed by atoms with Crippen LogP contribution in [-0.2, 0) is 0 Å². The number of nitrogens with one attached hydrogen (secondary N) is 1. The molecular weight excluding hydrogens is 178 g/mol. The molecule has 1 aromatic rings. The molecule has 2 amide bonds. The summed E-state index contributed by atoms with van der Waals surface area (Å²) in [6, 6.07) is 2.95. The molecule has 1 N–H and O–H groups in total. The van der Waals surface area contributed by atoms with Crippen molar-refractivity contribution in [3.05, 3.63) is 24.5 Å². The van der Waals surface area contributed by atoms with E-state index in [0.717, 1.165) is 4.42 Å². The average Bonchev–Trinajstić information content (AvgIpc) is 2.06. The summed E-state index contributed by atoms with van der Waals surface area (Å²) in [5.41, 5.74) is 0.495. The van der Waals surface area contributed by atoms with Gasteiger partial charge in [0.05, 0.1) is 5.69 Å². The molecule has 0 saturated heterocycles. The second kappa shape index (κ2) is 3.92. The van der Waals surface area contributed by atoms with Crippen molar-refractivity contribution < 1.29 is 4.79 Å². The number of hydrogen-bond acceptors (Lipinski definition) is 2. The van der Waals surface area contributed by atoms with Crippen molar-refractivity contribution in [3.63, 3.8) is 0 Å². The van der Waals surface area contributed by atoms with Crippen molar-refractivity contribution in [2.24, 2.45) is 0 Å². The van der Waals surface area contributed by atoms with E-state index in [9.17, 15) is 4.79 Å². The van der Waals surface area contributed by atoms with E-state index in [1.165, 1.54) is 7.05 Å². The molecular formula is C7H7ClN3O. The van der Waals surface area contributed by atoms with E-state index in [1.807, 2.05) is 0 Å². The smallest absolute Gasteiger partial charge is 0.305 e. The van der Waals surface area contributed by atoms with Crippen LogP contribution in [0.5, 0.6) is 0 Å². The SMILES string of the molecule is CN(Cl)C(=O)Nc1[c]nccc1. The number of aromatic nitrogens is 1. The first kappa shape index (κ1) is 8.80. The van der Waals surface area contributed by atoms with Gasteiger partial charge in [-0.15, -0.1) is 0 Å². The van der Waals surface area contributed by atoms with Crippen LogP contribution >= 0.6 is 11.8 Å². The summed E-state index contributed by atoms with van der Waals surface area (Å²) in [7, 11) is 1.44. The molecule has 5 heteroatoms. The van der Waals surface area contributed by atoms with Crippen LogP contribution < -0.4 is 5.32 Å². The molecule has 1 radical (unpaired) electrons. The third kappa shape index (κ3) is 2.39. The monoisotopic (exact) mass is 184 g/mol. The van der Waals surface area contributed by atoms with E-state index in [4.69, 9.17) is 11.8 Å². The number of urea groups is 1. The van der Waals surface area contributed by atoms with Crippen molar-refractivity contribution in [2.75, 3.05) is 12.4 Å². The van der Waals surface area contributed by atoms with Gasteiger partial charge in [-0.3, -0.25) is 4.98 Å². The van der Waals surface area contributed by atoms with Crippen molar-refractivity contribution in [2.45, 2.75) is 0 Å². The van der Waals surface area contributed by atoms with Crippen molar-refractivity contribution in [3.8, 4) is 0 Å². The maximum atomic E-state index is 10.9. The second-order valence-corrected chi connectivity index (χ2v) is 2.58. The Morgan fingerprint density at radius 1 is 1.83 bits per heavy atom. The molecule has 63 valence electrons.